The summed E-state index contributed by atoms with van der Waals surface area (Å²) in [7, 11) is 0. The zero-order valence-electron chi connectivity index (χ0n) is 8.29. The van der Waals surface area contributed by atoms with Gasteiger partial charge in [-0.05, 0) is 24.6 Å². The lowest BCUT2D eigenvalue weighted by atomic mass is 10.2. The number of hydrogen-bond acceptors (Lipinski definition) is 2. The molecule has 0 aliphatic carbocycles. The fourth-order valence-electron chi connectivity index (χ4n) is 1.10. The van der Waals surface area contributed by atoms with E-state index in [9.17, 15) is 9.18 Å². The monoisotopic (exact) mass is 229 g/mol. The molecule has 0 saturated heterocycles. The summed E-state index contributed by atoms with van der Waals surface area (Å²) in [6, 6.07) is 4.56. The summed E-state index contributed by atoms with van der Waals surface area (Å²) in [4.78, 5) is 10.5. The van der Waals surface area contributed by atoms with Crippen molar-refractivity contribution in [3.05, 3.63) is 29.6 Å². The van der Waals surface area contributed by atoms with Crippen molar-refractivity contribution in [3.8, 4) is 5.75 Å². The molecule has 0 atom stereocenters. The first-order chi connectivity index (χ1) is 7.13. The molecule has 1 amide bonds. The topological polar surface area (TPSA) is 38.3 Å². The van der Waals surface area contributed by atoms with Crippen molar-refractivity contribution >= 4 is 17.9 Å². The number of carbonyl (C=O) groups is 1. The van der Waals surface area contributed by atoms with E-state index in [0.717, 1.165) is 0 Å². The highest BCUT2D eigenvalue weighted by Gasteiger charge is 2.04. The predicted octanol–water partition coefficient (Wildman–Crippen LogP) is 2.36. The lowest BCUT2D eigenvalue weighted by Gasteiger charge is -2.06. The van der Waals surface area contributed by atoms with Crippen LogP contribution in [0.5, 0.6) is 5.75 Å². The number of amides is 1. The molecule has 3 nitrogen and oxygen atoms in total. The number of rotatable bonds is 4. The van der Waals surface area contributed by atoms with Gasteiger partial charge in [0, 0.05) is 6.54 Å². The Kier molecular flexibility index (Phi) is 4.42. The number of ether oxygens (including phenoxy) is 1. The molecule has 0 aliphatic heterocycles. The first kappa shape index (κ1) is 11.8. The molecule has 82 valence electrons. The summed E-state index contributed by atoms with van der Waals surface area (Å²) in [5.74, 6) is -0.207. The van der Waals surface area contributed by atoms with E-state index in [2.05, 4.69) is 17.9 Å². The van der Waals surface area contributed by atoms with E-state index in [1.807, 2.05) is 0 Å². The maximum absolute atomic E-state index is 13.3. The number of benzene rings is 1. The molecule has 5 heteroatoms. The molecule has 0 radical (unpaired) electrons. The lowest BCUT2D eigenvalue weighted by molar-refractivity contribution is 0.260. The van der Waals surface area contributed by atoms with Crippen molar-refractivity contribution < 1.29 is 13.9 Å². The van der Waals surface area contributed by atoms with E-state index in [1.165, 1.54) is 6.07 Å². The van der Waals surface area contributed by atoms with Gasteiger partial charge in [0.25, 0.3) is 5.24 Å². The Morgan fingerprint density at radius 2 is 2.33 bits per heavy atom. The maximum Gasteiger partial charge on any atom is 0.276 e. The van der Waals surface area contributed by atoms with Gasteiger partial charge in [-0.25, -0.2) is 4.39 Å². The Morgan fingerprint density at radius 3 is 2.87 bits per heavy atom. The van der Waals surface area contributed by atoms with Crippen LogP contribution in [-0.2, 0) is 6.54 Å². The van der Waals surface area contributed by atoms with Crippen LogP contribution in [0.25, 0.3) is 0 Å². The van der Waals surface area contributed by atoms with E-state index >= 15 is 0 Å². The van der Waals surface area contributed by atoms with Crippen LogP contribution in [0.15, 0.2) is 18.2 Å². The summed E-state index contributed by atoms with van der Waals surface area (Å²) >= 11 is 3.54. The first-order valence-electron chi connectivity index (χ1n) is 4.51. The summed E-state index contributed by atoms with van der Waals surface area (Å²) < 4.78 is 18.3. The molecule has 0 bridgehead atoms. The standard InChI is InChI=1S/C10H12FNO2S/c1-2-14-9-4-3-7(5-8(9)11)6-12-10(13)15/h3-5H,2,6H2,1H3,(H2,12,13,15). The van der Waals surface area contributed by atoms with Crippen LogP contribution >= 0.6 is 12.6 Å². The van der Waals surface area contributed by atoms with E-state index < -0.39 is 11.1 Å². The van der Waals surface area contributed by atoms with E-state index in [0.29, 0.717) is 12.2 Å². The molecule has 0 fully saturated rings. The number of nitrogens with one attached hydrogen (secondary N) is 1. The van der Waals surface area contributed by atoms with Gasteiger partial charge >= 0.3 is 0 Å². The fraction of sp³-hybridized carbons (Fsp3) is 0.300. The van der Waals surface area contributed by atoms with E-state index in [4.69, 9.17) is 4.74 Å². The quantitative estimate of drug-likeness (QED) is 0.778. The molecule has 15 heavy (non-hydrogen) atoms. The van der Waals surface area contributed by atoms with Gasteiger partial charge in [0.1, 0.15) is 0 Å². The Hall–Kier alpha value is -1.23. The Morgan fingerprint density at radius 1 is 1.60 bits per heavy atom. The molecule has 0 aliphatic rings. The second kappa shape index (κ2) is 5.60. The normalized spacial score (nSPS) is 9.80. The minimum atomic E-state index is -0.440. The molecule has 1 N–H and O–H groups in total. The smallest absolute Gasteiger partial charge is 0.276 e. The average Bonchev–Trinajstić information content (AvgIpc) is 2.19. The molecule has 0 saturated carbocycles. The minimum Gasteiger partial charge on any atom is -0.491 e. The van der Waals surface area contributed by atoms with Crippen LogP contribution in [0.1, 0.15) is 12.5 Å². The largest absolute Gasteiger partial charge is 0.491 e. The molecule has 0 aromatic heterocycles. The average molecular weight is 229 g/mol. The van der Waals surface area contributed by atoms with E-state index in [-0.39, 0.29) is 12.3 Å². The van der Waals surface area contributed by atoms with Gasteiger partial charge in [0.15, 0.2) is 11.6 Å². The molecular weight excluding hydrogens is 217 g/mol. The molecular formula is C10H12FNO2S. The van der Waals surface area contributed by atoms with Crippen LogP contribution in [0, 0.1) is 5.82 Å². The van der Waals surface area contributed by atoms with Crippen molar-refractivity contribution in [3.63, 3.8) is 0 Å². The minimum absolute atomic E-state index is 0.221. The molecule has 0 spiro atoms. The Labute approximate surface area is 93.0 Å². The number of hydrogen-bond donors (Lipinski definition) is 2. The van der Waals surface area contributed by atoms with Gasteiger partial charge in [0.05, 0.1) is 6.61 Å². The molecule has 1 rings (SSSR count). The van der Waals surface area contributed by atoms with Gasteiger partial charge < -0.3 is 10.1 Å². The van der Waals surface area contributed by atoms with Crippen LogP contribution in [-0.4, -0.2) is 11.8 Å². The SMILES string of the molecule is CCOc1ccc(CNC(=O)S)cc1F. The number of thiol groups is 1. The van der Waals surface area contributed by atoms with Gasteiger partial charge in [-0.1, -0.05) is 18.7 Å². The molecule has 0 unspecified atom stereocenters. The number of halogens is 1. The first-order valence-corrected chi connectivity index (χ1v) is 4.96. The van der Waals surface area contributed by atoms with Crippen molar-refractivity contribution in [1.29, 1.82) is 0 Å². The van der Waals surface area contributed by atoms with Gasteiger partial charge in [-0.3, -0.25) is 4.79 Å². The third kappa shape index (κ3) is 3.79. The van der Waals surface area contributed by atoms with Gasteiger partial charge in [-0.15, -0.1) is 0 Å². The van der Waals surface area contributed by atoms with E-state index in [1.54, 1.807) is 19.1 Å². The van der Waals surface area contributed by atoms with Crippen LogP contribution in [0.2, 0.25) is 0 Å². The highest BCUT2D eigenvalue weighted by molar-refractivity contribution is 7.96. The highest BCUT2D eigenvalue weighted by Crippen LogP contribution is 2.18. The van der Waals surface area contributed by atoms with Gasteiger partial charge in [0.2, 0.25) is 0 Å². The van der Waals surface area contributed by atoms with Crippen LogP contribution in [0.3, 0.4) is 0 Å². The summed E-state index contributed by atoms with van der Waals surface area (Å²) in [5, 5.41) is 2.02. The van der Waals surface area contributed by atoms with Crippen molar-refractivity contribution in [1.82, 2.24) is 5.32 Å². The van der Waals surface area contributed by atoms with Crippen molar-refractivity contribution in [2.45, 2.75) is 13.5 Å². The third-order valence-corrected chi connectivity index (χ3v) is 1.90. The second-order valence-electron chi connectivity index (χ2n) is 2.86. The molecule has 1 aromatic rings. The van der Waals surface area contributed by atoms with Crippen molar-refractivity contribution in [2.75, 3.05) is 6.61 Å². The summed E-state index contributed by atoms with van der Waals surface area (Å²) in [5.41, 5.74) is 0.665. The maximum atomic E-state index is 13.3. The third-order valence-electron chi connectivity index (χ3n) is 1.74. The zero-order chi connectivity index (χ0) is 11.3. The van der Waals surface area contributed by atoms with Gasteiger partial charge in [-0.2, -0.15) is 0 Å². The Balaban J connectivity index is 2.68. The Bertz CT molecular complexity index is 357. The summed E-state index contributed by atoms with van der Waals surface area (Å²) in [6.07, 6.45) is 0. The summed E-state index contributed by atoms with van der Waals surface area (Å²) in [6.45, 7) is 2.46. The second-order valence-corrected chi connectivity index (χ2v) is 3.26. The molecule has 0 heterocycles. The highest BCUT2D eigenvalue weighted by atomic mass is 32.1. The predicted molar refractivity (Wildman–Crippen MR) is 58.8 cm³/mol. The zero-order valence-corrected chi connectivity index (χ0v) is 9.18. The van der Waals surface area contributed by atoms with Crippen molar-refractivity contribution in [2.24, 2.45) is 0 Å². The van der Waals surface area contributed by atoms with Crippen LogP contribution < -0.4 is 10.1 Å². The molecule has 1 aromatic carbocycles. The van der Waals surface area contributed by atoms with Crippen LogP contribution in [0.4, 0.5) is 9.18 Å². The number of carbonyl (C=O) groups excluding carboxylic acids is 1. The lowest BCUT2D eigenvalue weighted by Crippen LogP contribution is -2.15. The fourth-order valence-corrected chi connectivity index (χ4v) is 1.18.